The Morgan fingerprint density at radius 2 is 2.16 bits per heavy atom. The minimum absolute atomic E-state index is 0.0768. The molecule has 0 bridgehead atoms. The van der Waals surface area contributed by atoms with Gasteiger partial charge < -0.3 is 9.47 Å². The van der Waals surface area contributed by atoms with Gasteiger partial charge in [0.15, 0.2) is 12.6 Å². The fourth-order valence-electron chi connectivity index (χ4n) is 1.46. The highest BCUT2D eigenvalue weighted by Crippen LogP contribution is 1.98. The molecule has 1 heterocycles. The maximum atomic E-state index is 11.6. The standard InChI is InChI=1S/C13H21N2O4/c1-4-5-8-18-13(17)11(2)19-12(16)9-15-7-6-14(3)10-15/h6-7,10-11H,4-5,8-9H2,1-3H3/q+1/t11-/m1/s1. The molecule has 0 aromatic carbocycles. The van der Waals surface area contributed by atoms with Gasteiger partial charge in [0.2, 0.25) is 6.33 Å². The zero-order valence-corrected chi connectivity index (χ0v) is 11.7. The van der Waals surface area contributed by atoms with Crippen LogP contribution in [-0.2, 0) is 32.7 Å². The number of hydrogen-bond acceptors (Lipinski definition) is 4. The largest absolute Gasteiger partial charge is 0.463 e. The molecule has 6 heteroatoms. The van der Waals surface area contributed by atoms with Crippen LogP contribution < -0.4 is 4.57 Å². The Hall–Kier alpha value is -1.85. The maximum absolute atomic E-state index is 11.6. The van der Waals surface area contributed by atoms with Crippen LogP contribution in [0.1, 0.15) is 26.7 Å². The number of rotatable bonds is 7. The zero-order valence-electron chi connectivity index (χ0n) is 11.7. The molecule has 1 aromatic rings. The second kappa shape index (κ2) is 7.56. The Morgan fingerprint density at radius 1 is 1.42 bits per heavy atom. The molecule has 0 radical (unpaired) electrons. The third-order valence-electron chi connectivity index (χ3n) is 2.52. The minimum atomic E-state index is -0.867. The SMILES string of the molecule is CCCCOC(=O)[C@@H](C)OC(=O)C[n+]1ccn(C)c1. The first-order chi connectivity index (χ1) is 9.02. The van der Waals surface area contributed by atoms with Crippen LogP contribution in [0.15, 0.2) is 18.7 Å². The van der Waals surface area contributed by atoms with Gasteiger partial charge in [-0.05, 0) is 13.3 Å². The van der Waals surface area contributed by atoms with E-state index < -0.39 is 18.0 Å². The Labute approximate surface area is 112 Å². The summed E-state index contributed by atoms with van der Waals surface area (Å²) >= 11 is 0. The number of carbonyl (C=O) groups is 2. The van der Waals surface area contributed by atoms with Crippen molar-refractivity contribution in [2.45, 2.75) is 39.3 Å². The van der Waals surface area contributed by atoms with Gasteiger partial charge >= 0.3 is 11.9 Å². The van der Waals surface area contributed by atoms with Crippen LogP contribution in [0.25, 0.3) is 0 Å². The molecule has 0 aliphatic carbocycles. The Bertz CT molecular complexity index is 428. The number of esters is 2. The second-order valence-corrected chi connectivity index (χ2v) is 4.40. The van der Waals surface area contributed by atoms with E-state index >= 15 is 0 Å². The van der Waals surface area contributed by atoms with Gasteiger partial charge in [-0.2, -0.15) is 0 Å². The average Bonchev–Trinajstić information content (AvgIpc) is 2.74. The molecule has 0 aliphatic heterocycles. The number of imidazole rings is 1. The number of unbranched alkanes of at least 4 members (excludes halogenated alkanes) is 1. The summed E-state index contributed by atoms with van der Waals surface area (Å²) in [5.41, 5.74) is 0. The summed E-state index contributed by atoms with van der Waals surface area (Å²) in [6, 6.07) is 0. The van der Waals surface area contributed by atoms with E-state index in [-0.39, 0.29) is 6.54 Å². The summed E-state index contributed by atoms with van der Waals surface area (Å²) in [7, 11) is 1.86. The van der Waals surface area contributed by atoms with Crippen molar-refractivity contribution in [3.05, 3.63) is 18.7 Å². The van der Waals surface area contributed by atoms with Gasteiger partial charge in [0.25, 0.3) is 0 Å². The van der Waals surface area contributed by atoms with Crippen molar-refractivity contribution in [3.63, 3.8) is 0 Å². The predicted octanol–water partition coefficient (Wildman–Crippen LogP) is 0.588. The van der Waals surface area contributed by atoms with Gasteiger partial charge in [0, 0.05) is 0 Å². The molecule has 106 valence electrons. The molecule has 1 atom stereocenters. The number of carbonyl (C=O) groups excluding carboxylic acids is 2. The fraction of sp³-hybridized carbons (Fsp3) is 0.615. The van der Waals surface area contributed by atoms with Gasteiger partial charge in [-0.25, -0.2) is 18.7 Å². The first-order valence-electron chi connectivity index (χ1n) is 6.40. The maximum Gasteiger partial charge on any atom is 0.349 e. The first-order valence-corrected chi connectivity index (χ1v) is 6.40. The van der Waals surface area contributed by atoms with Crippen molar-refractivity contribution < 1.29 is 23.6 Å². The summed E-state index contributed by atoms with van der Waals surface area (Å²) in [5.74, 6) is -0.962. The van der Waals surface area contributed by atoms with Crippen LogP contribution in [0.3, 0.4) is 0 Å². The number of aryl methyl sites for hydroxylation is 1. The summed E-state index contributed by atoms with van der Waals surface area (Å²) in [6.45, 7) is 3.97. The van der Waals surface area contributed by atoms with E-state index in [1.807, 2.05) is 24.7 Å². The quantitative estimate of drug-likeness (QED) is 0.413. The Kier molecular flexibility index (Phi) is 6.05. The first kappa shape index (κ1) is 15.2. The van der Waals surface area contributed by atoms with Gasteiger partial charge in [-0.1, -0.05) is 13.3 Å². The summed E-state index contributed by atoms with van der Waals surface area (Å²) in [5, 5.41) is 0. The van der Waals surface area contributed by atoms with E-state index in [0.29, 0.717) is 6.61 Å². The van der Waals surface area contributed by atoms with Gasteiger partial charge in [-0.3, -0.25) is 0 Å². The molecular weight excluding hydrogens is 248 g/mol. The second-order valence-electron chi connectivity index (χ2n) is 4.40. The normalized spacial score (nSPS) is 11.9. The lowest BCUT2D eigenvalue weighted by molar-refractivity contribution is -0.685. The predicted molar refractivity (Wildman–Crippen MR) is 67.0 cm³/mol. The molecule has 0 amide bonds. The van der Waals surface area contributed by atoms with Crippen molar-refractivity contribution >= 4 is 11.9 Å². The van der Waals surface area contributed by atoms with Crippen molar-refractivity contribution in [2.24, 2.45) is 7.05 Å². The van der Waals surface area contributed by atoms with Crippen molar-refractivity contribution in [2.75, 3.05) is 6.61 Å². The van der Waals surface area contributed by atoms with Gasteiger partial charge in [0.05, 0.1) is 13.7 Å². The van der Waals surface area contributed by atoms with Crippen molar-refractivity contribution in [1.82, 2.24) is 4.57 Å². The molecule has 6 nitrogen and oxygen atoms in total. The third-order valence-corrected chi connectivity index (χ3v) is 2.52. The molecule has 1 rings (SSSR count). The van der Waals surface area contributed by atoms with Gasteiger partial charge in [-0.15, -0.1) is 0 Å². The van der Waals surface area contributed by atoms with E-state index in [1.165, 1.54) is 6.92 Å². The molecule has 0 unspecified atom stereocenters. The van der Waals surface area contributed by atoms with Crippen LogP contribution in [-0.4, -0.2) is 29.2 Å². The Balaban J connectivity index is 2.32. The topological polar surface area (TPSA) is 61.4 Å². The molecule has 0 spiro atoms. The molecule has 0 fully saturated rings. The lowest BCUT2D eigenvalue weighted by Gasteiger charge is -2.11. The van der Waals surface area contributed by atoms with Gasteiger partial charge in [0.1, 0.15) is 12.4 Å². The van der Waals surface area contributed by atoms with E-state index in [1.54, 1.807) is 17.1 Å². The van der Waals surface area contributed by atoms with Crippen LogP contribution in [0.5, 0.6) is 0 Å². The van der Waals surface area contributed by atoms with Crippen LogP contribution in [0.2, 0.25) is 0 Å². The van der Waals surface area contributed by atoms with Crippen LogP contribution in [0, 0.1) is 0 Å². The molecule has 1 aromatic heterocycles. The number of nitrogens with zero attached hydrogens (tertiary/aromatic N) is 2. The molecular formula is C13H21N2O4+. The zero-order chi connectivity index (χ0) is 14.3. The van der Waals surface area contributed by atoms with E-state index in [0.717, 1.165) is 12.8 Å². The fourth-order valence-corrected chi connectivity index (χ4v) is 1.46. The van der Waals surface area contributed by atoms with Crippen LogP contribution >= 0.6 is 0 Å². The molecule has 0 aliphatic rings. The summed E-state index contributed by atoms with van der Waals surface area (Å²) in [4.78, 5) is 23.1. The molecule has 0 saturated heterocycles. The smallest absolute Gasteiger partial charge is 0.349 e. The minimum Gasteiger partial charge on any atom is -0.463 e. The lowest BCUT2D eigenvalue weighted by atomic mass is 10.3. The summed E-state index contributed by atoms with van der Waals surface area (Å²) in [6.07, 6.45) is 6.22. The van der Waals surface area contributed by atoms with Crippen LogP contribution in [0.4, 0.5) is 0 Å². The lowest BCUT2D eigenvalue weighted by Crippen LogP contribution is -2.39. The molecule has 19 heavy (non-hydrogen) atoms. The number of hydrogen-bond donors (Lipinski definition) is 0. The number of aromatic nitrogens is 2. The van der Waals surface area contributed by atoms with E-state index in [9.17, 15) is 9.59 Å². The van der Waals surface area contributed by atoms with E-state index in [4.69, 9.17) is 9.47 Å². The highest BCUT2D eigenvalue weighted by Gasteiger charge is 2.20. The highest BCUT2D eigenvalue weighted by atomic mass is 16.6. The molecule has 0 saturated carbocycles. The summed E-state index contributed by atoms with van der Waals surface area (Å²) < 4.78 is 13.5. The highest BCUT2D eigenvalue weighted by molar-refractivity contribution is 5.78. The number of ether oxygens (including phenoxy) is 2. The monoisotopic (exact) mass is 269 g/mol. The van der Waals surface area contributed by atoms with Crippen molar-refractivity contribution in [3.8, 4) is 0 Å². The average molecular weight is 269 g/mol. The molecule has 0 N–H and O–H groups in total. The Morgan fingerprint density at radius 3 is 2.74 bits per heavy atom. The van der Waals surface area contributed by atoms with Crippen molar-refractivity contribution in [1.29, 1.82) is 0 Å². The van der Waals surface area contributed by atoms with E-state index in [2.05, 4.69) is 0 Å². The third kappa shape index (κ3) is 5.54.